The van der Waals surface area contributed by atoms with Crippen molar-refractivity contribution in [2.45, 2.75) is 33.2 Å². The summed E-state index contributed by atoms with van der Waals surface area (Å²) in [5.74, 6) is 2.82. The number of guanidine groups is 1. The average molecular weight is 250 g/mol. The molecule has 18 heavy (non-hydrogen) atoms. The van der Waals surface area contributed by atoms with Gasteiger partial charge < -0.3 is 14.8 Å². The van der Waals surface area contributed by atoms with Crippen LogP contribution in [-0.4, -0.2) is 45.3 Å². The largest absolute Gasteiger partial charge is 0.357 e. The van der Waals surface area contributed by atoms with Gasteiger partial charge in [0, 0.05) is 26.7 Å². The summed E-state index contributed by atoms with van der Waals surface area (Å²) in [4.78, 5) is 6.96. The number of hydrogen-bond donors (Lipinski definition) is 1. The minimum Gasteiger partial charge on any atom is -0.357 e. The van der Waals surface area contributed by atoms with E-state index in [0.29, 0.717) is 6.54 Å². The van der Waals surface area contributed by atoms with Crippen LogP contribution in [0.3, 0.4) is 0 Å². The van der Waals surface area contributed by atoms with Gasteiger partial charge in [-0.25, -0.2) is 4.99 Å². The molecule has 1 aliphatic heterocycles. The topological polar surface area (TPSA) is 58.3 Å². The summed E-state index contributed by atoms with van der Waals surface area (Å²) in [6.45, 7) is 7.72. The lowest BCUT2D eigenvalue weighted by atomic mass is 10.4. The molecule has 0 bridgehead atoms. The van der Waals surface area contributed by atoms with Gasteiger partial charge in [-0.05, 0) is 26.7 Å². The Bertz CT molecular complexity index is 416. The lowest BCUT2D eigenvalue weighted by Gasteiger charge is -2.20. The Labute approximate surface area is 108 Å². The van der Waals surface area contributed by atoms with Crippen molar-refractivity contribution in [3.05, 3.63) is 11.6 Å². The minimum absolute atomic E-state index is 0.580. The Balaban J connectivity index is 2.05. The van der Waals surface area contributed by atoms with Gasteiger partial charge in [0.1, 0.15) is 12.4 Å². The lowest BCUT2D eigenvalue weighted by molar-refractivity contribution is 0.493. The van der Waals surface area contributed by atoms with Gasteiger partial charge in [0.25, 0.3) is 0 Å². The number of aliphatic imine (C=N–C) groups is 1. The highest BCUT2D eigenvalue weighted by Crippen LogP contribution is 2.08. The van der Waals surface area contributed by atoms with Gasteiger partial charge in [0.2, 0.25) is 0 Å². The van der Waals surface area contributed by atoms with Gasteiger partial charge in [-0.2, -0.15) is 0 Å². The second kappa shape index (κ2) is 5.84. The molecule has 0 unspecified atom stereocenters. The highest BCUT2D eigenvalue weighted by Gasteiger charge is 2.15. The average Bonchev–Trinajstić information content (AvgIpc) is 2.98. The van der Waals surface area contributed by atoms with E-state index < -0.39 is 0 Å². The Morgan fingerprint density at radius 2 is 2.06 bits per heavy atom. The van der Waals surface area contributed by atoms with Crippen LogP contribution in [0.25, 0.3) is 0 Å². The Hall–Kier alpha value is -1.59. The van der Waals surface area contributed by atoms with Crippen LogP contribution in [0.2, 0.25) is 0 Å². The highest BCUT2D eigenvalue weighted by atomic mass is 15.3. The summed E-state index contributed by atoms with van der Waals surface area (Å²) in [6.07, 6.45) is 2.51. The number of aryl methyl sites for hydroxylation is 1. The van der Waals surface area contributed by atoms with E-state index in [9.17, 15) is 0 Å². The summed E-state index contributed by atoms with van der Waals surface area (Å²) < 4.78 is 1.98. The molecule has 100 valence electrons. The molecule has 2 heterocycles. The van der Waals surface area contributed by atoms with Crippen LogP contribution in [0.15, 0.2) is 4.99 Å². The van der Waals surface area contributed by atoms with E-state index in [-0.39, 0.29) is 0 Å². The molecule has 0 aromatic carbocycles. The van der Waals surface area contributed by atoms with Gasteiger partial charge in [-0.3, -0.25) is 0 Å². The Morgan fingerprint density at radius 1 is 1.33 bits per heavy atom. The molecule has 6 nitrogen and oxygen atoms in total. The molecular weight excluding hydrogens is 228 g/mol. The van der Waals surface area contributed by atoms with Crippen LogP contribution < -0.4 is 5.32 Å². The van der Waals surface area contributed by atoms with Crippen molar-refractivity contribution >= 4 is 5.96 Å². The molecule has 0 spiro atoms. The van der Waals surface area contributed by atoms with Gasteiger partial charge in [0.05, 0.1) is 0 Å². The van der Waals surface area contributed by atoms with Gasteiger partial charge in [-0.15, -0.1) is 10.2 Å². The third-order valence-electron chi connectivity index (χ3n) is 3.29. The molecule has 1 N–H and O–H groups in total. The second-order valence-electron chi connectivity index (χ2n) is 4.59. The van der Waals surface area contributed by atoms with Crippen molar-refractivity contribution < 1.29 is 0 Å². The van der Waals surface area contributed by atoms with E-state index in [1.54, 1.807) is 0 Å². The first kappa shape index (κ1) is 12.9. The molecule has 1 fully saturated rings. The molecule has 1 aromatic heterocycles. The number of hydrogen-bond acceptors (Lipinski definition) is 3. The molecule has 1 aromatic rings. The quantitative estimate of drug-likeness (QED) is 0.633. The molecular formula is C12H22N6. The molecule has 1 aliphatic rings. The monoisotopic (exact) mass is 250 g/mol. The molecule has 0 saturated carbocycles. The van der Waals surface area contributed by atoms with Crippen LogP contribution in [0.5, 0.6) is 0 Å². The molecule has 2 rings (SSSR count). The zero-order valence-electron chi connectivity index (χ0n) is 11.5. The van der Waals surface area contributed by atoms with Crippen LogP contribution >= 0.6 is 0 Å². The summed E-state index contributed by atoms with van der Waals surface area (Å²) in [6, 6.07) is 0. The number of likely N-dealkylation sites (tertiary alicyclic amines) is 1. The summed E-state index contributed by atoms with van der Waals surface area (Å²) in [5.41, 5.74) is 0. The molecule has 0 atom stereocenters. The Morgan fingerprint density at radius 3 is 2.61 bits per heavy atom. The van der Waals surface area contributed by atoms with E-state index >= 15 is 0 Å². The van der Waals surface area contributed by atoms with Gasteiger partial charge >= 0.3 is 0 Å². The number of nitrogens with zero attached hydrogens (tertiary/aromatic N) is 5. The fourth-order valence-corrected chi connectivity index (χ4v) is 2.09. The standard InChI is InChI=1S/C12H22N6/c1-4-13-12(18-7-5-6-8-18)14-9-11-16-15-10(2)17(11)3/h4-9H2,1-3H3,(H,13,14). The minimum atomic E-state index is 0.580. The molecule has 6 heteroatoms. The van der Waals surface area contributed by atoms with Crippen LogP contribution in [-0.2, 0) is 13.6 Å². The normalized spacial score (nSPS) is 16.4. The third kappa shape index (κ3) is 2.80. The molecule has 1 saturated heterocycles. The van der Waals surface area contributed by atoms with Crippen LogP contribution in [0.4, 0.5) is 0 Å². The zero-order valence-corrected chi connectivity index (χ0v) is 11.5. The first-order valence-electron chi connectivity index (χ1n) is 6.60. The first-order chi connectivity index (χ1) is 8.72. The van der Waals surface area contributed by atoms with Crippen LogP contribution in [0, 0.1) is 6.92 Å². The number of nitrogens with one attached hydrogen (secondary N) is 1. The molecule has 0 radical (unpaired) electrons. The fraction of sp³-hybridized carbons (Fsp3) is 0.750. The summed E-state index contributed by atoms with van der Waals surface area (Å²) >= 11 is 0. The SMILES string of the molecule is CCNC(=NCc1nnc(C)n1C)N1CCCC1. The zero-order chi connectivity index (χ0) is 13.0. The maximum Gasteiger partial charge on any atom is 0.194 e. The van der Waals surface area contributed by atoms with Crippen molar-refractivity contribution in [2.24, 2.45) is 12.0 Å². The van der Waals surface area contributed by atoms with Crippen molar-refractivity contribution in [1.82, 2.24) is 25.0 Å². The maximum absolute atomic E-state index is 4.65. The molecule has 0 amide bonds. The summed E-state index contributed by atoms with van der Waals surface area (Å²) in [5, 5.41) is 11.5. The lowest BCUT2D eigenvalue weighted by Crippen LogP contribution is -2.39. The van der Waals surface area contributed by atoms with E-state index in [1.807, 2.05) is 18.5 Å². The van der Waals surface area contributed by atoms with Crippen molar-refractivity contribution in [1.29, 1.82) is 0 Å². The number of rotatable bonds is 3. The van der Waals surface area contributed by atoms with E-state index in [0.717, 1.165) is 37.2 Å². The van der Waals surface area contributed by atoms with Gasteiger partial charge in [-0.1, -0.05) is 0 Å². The van der Waals surface area contributed by atoms with Gasteiger partial charge in [0.15, 0.2) is 11.8 Å². The summed E-state index contributed by atoms with van der Waals surface area (Å²) in [7, 11) is 1.98. The third-order valence-corrected chi connectivity index (χ3v) is 3.29. The van der Waals surface area contributed by atoms with Crippen molar-refractivity contribution in [3.63, 3.8) is 0 Å². The second-order valence-corrected chi connectivity index (χ2v) is 4.59. The van der Waals surface area contributed by atoms with E-state index in [1.165, 1.54) is 12.8 Å². The van der Waals surface area contributed by atoms with E-state index in [4.69, 9.17) is 0 Å². The van der Waals surface area contributed by atoms with Crippen molar-refractivity contribution in [2.75, 3.05) is 19.6 Å². The Kier molecular flexibility index (Phi) is 4.17. The predicted octanol–water partition coefficient (Wildman–Crippen LogP) is 0.685. The fourth-order valence-electron chi connectivity index (χ4n) is 2.09. The predicted molar refractivity (Wildman–Crippen MR) is 71.4 cm³/mol. The van der Waals surface area contributed by atoms with Crippen LogP contribution in [0.1, 0.15) is 31.4 Å². The smallest absolute Gasteiger partial charge is 0.194 e. The highest BCUT2D eigenvalue weighted by molar-refractivity contribution is 5.80. The number of aromatic nitrogens is 3. The molecule has 0 aliphatic carbocycles. The van der Waals surface area contributed by atoms with E-state index in [2.05, 4.69) is 32.3 Å². The van der Waals surface area contributed by atoms with Crippen molar-refractivity contribution in [3.8, 4) is 0 Å². The maximum atomic E-state index is 4.65. The first-order valence-corrected chi connectivity index (χ1v) is 6.60.